The summed E-state index contributed by atoms with van der Waals surface area (Å²) in [5.74, 6) is -0.0569. The van der Waals surface area contributed by atoms with E-state index in [1.807, 2.05) is 44.2 Å². The van der Waals surface area contributed by atoms with E-state index in [1.165, 1.54) is 0 Å². The van der Waals surface area contributed by atoms with Crippen LogP contribution >= 0.6 is 58.0 Å². The van der Waals surface area contributed by atoms with Crippen LogP contribution in [0.15, 0.2) is 36.4 Å². The minimum absolute atomic E-state index is 0. The Balaban J connectivity index is -0.000000372. The van der Waals surface area contributed by atoms with E-state index >= 15 is 0 Å². The normalized spacial score (nSPS) is 9.44. The van der Waals surface area contributed by atoms with Crippen LogP contribution < -0.4 is 5.73 Å². The number of benzene rings is 2. The van der Waals surface area contributed by atoms with Gasteiger partial charge in [0.15, 0.2) is 5.78 Å². The minimum Gasteiger partial charge on any atom is -0.398 e. The first-order valence-electron chi connectivity index (χ1n) is 7.69. The van der Waals surface area contributed by atoms with Crippen molar-refractivity contribution < 1.29 is 12.4 Å². The van der Waals surface area contributed by atoms with Gasteiger partial charge >= 0.3 is 0 Å². The van der Waals surface area contributed by atoms with Crippen molar-refractivity contribution in [3.63, 3.8) is 0 Å². The highest BCUT2D eigenvalue weighted by Crippen LogP contribution is 2.19. The Morgan fingerprint density at radius 1 is 0.926 bits per heavy atom. The van der Waals surface area contributed by atoms with Gasteiger partial charge < -0.3 is 5.73 Å². The van der Waals surface area contributed by atoms with Gasteiger partial charge in [0, 0.05) is 14.3 Å². The van der Waals surface area contributed by atoms with Crippen LogP contribution in [0.1, 0.15) is 19.5 Å². The number of halogens is 5. The molecular formula is C19H24Cl5NO2. The molecule has 0 saturated heterocycles. The molecular weight excluding hydrogens is 451 g/mol. The molecule has 2 aromatic carbocycles. The summed E-state index contributed by atoms with van der Waals surface area (Å²) in [5, 5.41) is 0.764. The van der Waals surface area contributed by atoms with Crippen molar-refractivity contribution in [2.45, 2.75) is 20.3 Å². The topological polar surface area (TPSA) is 60.2 Å². The van der Waals surface area contributed by atoms with Gasteiger partial charge in [0.1, 0.15) is 0 Å². The summed E-state index contributed by atoms with van der Waals surface area (Å²) in [6.07, 6.45) is 0.322. The Morgan fingerprint density at radius 3 is 1.78 bits per heavy atom. The molecule has 0 atom stereocenters. The van der Waals surface area contributed by atoms with E-state index in [1.54, 1.807) is 6.07 Å². The monoisotopic (exact) mass is 473 g/mol. The van der Waals surface area contributed by atoms with Gasteiger partial charge in [-0.2, -0.15) is 0 Å². The van der Waals surface area contributed by atoms with E-state index < -0.39 is 5.24 Å². The number of alkyl halides is 2. The molecule has 0 fully saturated rings. The molecule has 0 heterocycles. The van der Waals surface area contributed by atoms with Gasteiger partial charge in [-0.1, -0.05) is 41.4 Å². The molecule has 0 unspecified atom stereocenters. The van der Waals surface area contributed by atoms with Crippen LogP contribution in [0.3, 0.4) is 0 Å². The third kappa shape index (κ3) is 12.2. The van der Waals surface area contributed by atoms with Gasteiger partial charge in [-0.15, -0.1) is 23.2 Å². The van der Waals surface area contributed by atoms with Crippen molar-refractivity contribution in [3.8, 4) is 0 Å². The van der Waals surface area contributed by atoms with Crippen molar-refractivity contribution in [1.82, 2.24) is 0 Å². The fraction of sp³-hybridized carbons (Fsp3) is 0.263. The first-order chi connectivity index (χ1) is 12.6. The maximum absolute atomic E-state index is 11.0. The summed E-state index contributed by atoms with van der Waals surface area (Å²) in [4.78, 5) is 20.5. The minimum atomic E-state index is -0.508. The van der Waals surface area contributed by atoms with E-state index in [9.17, 15) is 9.59 Å². The number of carbonyl (C=O) groups is 2. The van der Waals surface area contributed by atoms with E-state index in [0.717, 1.165) is 16.7 Å². The first-order valence-corrected chi connectivity index (χ1v) is 9.89. The summed E-state index contributed by atoms with van der Waals surface area (Å²) in [7, 11) is 0. The number of hydrogen-bond donors (Lipinski definition) is 1. The fourth-order valence-corrected chi connectivity index (χ4v) is 2.32. The molecule has 0 saturated carbocycles. The Morgan fingerprint density at radius 2 is 1.41 bits per heavy atom. The number of nitrogen functional groups attached to an aromatic ring is 1. The zero-order chi connectivity index (χ0) is 21.0. The molecule has 0 aliphatic heterocycles. The number of carbonyl (C=O) groups excluding carboxylic acids is 2. The lowest BCUT2D eigenvalue weighted by molar-refractivity contribution is -0.116. The van der Waals surface area contributed by atoms with E-state index in [-0.39, 0.29) is 20.4 Å². The predicted molar refractivity (Wildman–Crippen MR) is 122 cm³/mol. The van der Waals surface area contributed by atoms with E-state index in [0.29, 0.717) is 22.2 Å². The molecule has 0 aromatic heterocycles. The van der Waals surface area contributed by atoms with Crippen LogP contribution in [0, 0.1) is 13.8 Å². The number of aryl methyl sites for hydroxylation is 2. The van der Waals surface area contributed by atoms with Gasteiger partial charge in [0.2, 0.25) is 5.24 Å². The highest BCUT2D eigenvalue weighted by molar-refractivity contribution is 6.67. The standard InChI is InChI=1S/C10H10Cl2O.C7H8ClN.C2H2Cl2O.2H2/c1-7-2-3-8(10(12)4-7)5-9(13)6-11;1-5-2-3-7(9)6(8)4-5;3-1-2(4)5;;/h2-4H,5-6H2,1H3;2-4H,9H2,1H3;1H2;2*1H. The molecule has 0 aliphatic rings. The van der Waals surface area contributed by atoms with E-state index in [4.69, 9.17) is 63.7 Å². The summed E-state index contributed by atoms with van der Waals surface area (Å²) in [6, 6.07) is 11.2. The van der Waals surface area contributed by atoms with Gasteiger partial charge in [-0.05, 0) is 60.3 Å². The second kappa shape index (κ2) is 14.1. The molecule has 8 heteroatoms. The highest BCUT2D eigenvalue weighted by atomic mass is 35.5. The van der Waals surface area contributed by atoms with Crippen LogP contribution in [0.5, 0.6) is 0 Å². The number of rotatable bonds is 4. The molecule has 2 rings (SSSR count). The third-order valence-electron chi connectivity index (χ3n) is 3.01. The Bertz CT molecular complexity index is 776. The van der Waals surface area contributed by atoms with Crippen LogP contribution in [0.4, 0.5) is 5.69 Å². The number of Topliss-reactive ketones (excluding diaryl/α,β-unsaturated/α-hetero) is 1. The van der Waals surface area contributed by atoms with Crippen molar-refractivity contribution in [1.29, 1.82) is 0 Å². The molecule has 0 radical (unpaired) electrons. The summed E-state index contributed by atoms with van der Waals surface area (Å²) >= 11 is 26.6. The molecule has 27 heavy (non-hydrogen) atoms. The van der Waals surface area contributed by atoms with E-state index in [2.05, 4.69) is 0 Å². The quantitative estimate of drug-likeness (QED) is 0.304. The number of ketones is 1. The number of nitrogens with two attached hydrogens (primary N) is 1. The summed E-state index contributed by atoms with van der Waals surface area (Å²) in [6.45, 7) is 3.93. The smallest absolute Gasteiger partial charge is 0.236 e. The maximum Gasteiger partial charge on any atom is 0.236 e. The zero-order valence-electron chi connectivity index (χ0n) is 14.9. The third-order valence-corrected chi connectivity index (χ3v) is 4.50. The number of hydrogen-bond acceptors (Lipinski definition) is 3. The second-order valence-electron chi connectivity index (χ2n) is 5.46. The second-order valence-corrected chi connectivity index (χ2v) is 7.23. The summed E-state index contributed by atoms with van der Waals surface area (Å²) in [5.41, 5.74) is 9.17. The Labute approximate surface area is 187 Å². The van der Waals surface area contributed by atoms with Crippen LogP contribution in [-0.4, -0.2) is 22.8 Å². The van der Waals surface area contributed by atoms with Gasteiger partial charge in [0.05, 0.1) is 22.5 Å². The van der Waals surface area contributed by atoms with Crippen LogP contribution in [0.25, 0.3) is 0 Å². The average Bonchev–Trinajstić information content (AvgIpc) is 2.61. The van der Waals surface area contributed by atoms with Crippen LogP contribution in [0.2, 0.25) is 10.0 Å². The molecule has 0 aliphatic carbocycles. The van der Waals surface area contributed by atoms with Gasteiger partial charge in [-0.25, -0.2) is 0 Å². The van der Waals surface area contributed by atoms with Crippen LogP contribution in [-0.2, 0) is 16.0 Å². The maximum atomic E-state index is 11.0. The lowest BCUT2D eigenvalue weighted by atomic mass is 10.1. The molecule has 0 amide bonds. The molecule has 0 spiro atoms. The van der Waals surface area contributed by atoms with Crippen molar-refractivity contribution in [3.05, 3.63) is 63.1 Å². The van der Waals surface area contributed by atoms with Gasteiger partial charge in [-0.3, -0.25) is 9.59 Å². The average molecular weight is 476 g/mol. The van der Waals surface area contributed by atoms with Crippen molar-refractivity contribution in [2.75, 3.05) is 17.5 Å². The lowest BCUT2D eigenvalue weighted by Crippen LogP contribution is -2.04. The molecule has 2 N–H and O–H groups in total. The van der Waals surface area contributed by atoms with Crippen molar-refractivity contribution in [2.24, 2.45) is 0 Å². The van der Waals surface area contributed by atoms with Gasteiger partial charge in [0.25, 0.3) is 0 Å². The SMILES string of the molecule is Cc1ccc(CC(=O)CCl)c(Cl)c1.Cc1ccc(N)c(Cl)c1.O=C(Cl)CCl.[HH].[HH]. The lowest BCUT2D eigenvalue weighted by Gasteiger charge is -2.02. The Kier molecular flexibility index (Phi) is 13.6. The Hall–Kier alpha value is -0.970. The molecule has 3 nitrogen and oxygen atoms in total. The fourth-order valence-electron chi connectivity index (χ4n) is 1.69. The number of anilines is 1. The molecule has 0 bridgehead atoms. The van der Waals surface area contributed by atoms with Crippen molar-refractivity contribution >= 4 is 74.7 Å². The predicted octanol–water partition coefficient (Wildman–Crippen LogP) is 6.71. The zero-order valence-corrected chi connectivity index (χ0v) is 18.6. The molecule has 152 valence electrons. The first kappa shape index (κ1) is 26.0. The largest absolute Gasteiger partial charge is 0.398 e. The molecule has 2 aromatic rings. The highest BCUT2D eigenvalue weighted by Gasteiger charge is 2.05. The summed E-state index contributed by atoms with van der Waals surface area (Å²) < 4.78 is 0.